The minimum atomic E-state index is -0.925. The van der Waals surface area contributed by atoms with Crippen LogP contribution in [0.4, 0.5) is 4.39 Å². The maximum atomic E-state index is 13.3. The highest BCUT2D eigenvalue weighted by atomic mass is 19.1. The first-order valence-corrected chi connectivity index (χ1v) is 7.91. The molecule has 1 saturated heterocycles. The molecule has 24 heavy (non-hydrogen) atoms. The number of rotatable bonds is 7. The second-order valence-corrected chi connectivity index (χ2v) is 5.83. The fourth-order valence-electron chi connectivity index (χ4n) is 2.92. The number of carbonyl (C=O) groups excluding carboxylic acids is 1. The molecule has 132 valence electrons. The van der Waals surface area contributed by atoms with Crippen molar-refractivity contribution in [1.82, 2.24) is 5.32 Å². The average molecular weight is 339 g/mol. The molecular formula is C17H22FNO5. The van der Waals surface area contributed by atoms with Gasteiger partial charge in [-0.1, -0.05) is 0 Å². The molecule has 0 saturated carbocycles. The first-order valence-electron chi connectivity index (χ1n) is 7.91. The lowest BCUT2D eigenvalue weighted by molar-refractivity contribution is -0.144. The summed E-state index contributed by atoms with van der Waals surface area (Å²) in [4.78, 5) is 23.5. The molecule has 2 N–H and O–H groups in total. The molecule has 0 aromatic heterocycles. The molecule has 1 aliphatic heterocycles. The number of benzene rings is 1. The van der Waals surface area contributed by atoms with Crippen molar-refractivity contribution in [1.29, 1.82) is 0 Å². The predicted octanol–water partition coefficient (Wildman–Crippen LogP) is 1.62. The molecule has 1 aliphatic rings. The molecule has 1 aromatic carbocycles. The summed E-state index contributed by atoms with van der Waals surface area (Å²) in [7, 11) is 1.44. The largest absolute Gasteiger partial charge is 0.496 e. The Bertz CT molecular complexity index is 586. The Morgan fingerprint density at radius 2 is 2.12 bits per heavy atom. The molecule has 0 bridgehead atoms. The number of nitrogens with one attached hydrogen (secondary N) is 1. The summed E-state index contributed by atoms with van der Waals surface area (Å²) in [5.74, 6) is -1.98. The number of carbonyl (C=O) groups is 2. The number of halogens is 1. The third-order valence-electron chi connectivity index (χ3n) is 4.26. The van der Waals surface area contributed by atoms with Crippen LogP contribution in [0, 0.1) is 17.7 Å². The van der Waals surface area contributed by atoms with Crippen LogP contribution in [-0.2, 0) is 20.7 Å². The summed E-state index contributed by atoms with van der Waals surface area (Å²) in [6.07, 6.45) is 1.27. The third kappa shape index (κ3) is 4.92. The molecule has 1 fully saturated rings. The van der Waals surface area contributed by atoms with Crippen LogP contribution in [0.1, 0.15) is 18.4 Å². The van der Waals surface area contributed by atoms with Gasteiger partial charge in [0.05, 0.1) is 19.4 Å². The Labute approximate surface area is 139 Å². The third-order valence-corrected chi connectivity index (χ3v) is 4.26. The van der Waals surface area contributed by atoms with Gasteiger partial charge >= 0.3 is 5.97 Å². The van der Waals surface area contributed by atoms with Gasteiger partial charge < -0.3 is 19.9 Å². The summed E-state index contributed by atoms with van der Waals surface area (Å²) in [6, 6.07) is 3.96. The van der Waals surface area contributed by atoms with Gasteiger partial charge in [-0.2, -0.15) is 0 Å². The molecule has 1 unspecified atom stereocenters. The lowest BCUT2D eigenvalue weighted by atomic mass is 9.86. The summed E-state index contributed by atoms with van der Waals surface area (Å²) >= 11 is 0. The number of hydrogen-bond acceptors (Lipinski definition) is 4. The van der Waals surface area contributed by atoms with Crippen LogP contribution in [0.2, 0.25) is 0 Å². The maximum absolute atomic E-state index is 13.3. The zero-order chi connectivity index (χ0) is 17.5. The van der Waals surface area contributed by atoms with Crippen molar-refractivity contribution in [3.63, 3.8) is 0 Å². The van der Waals surface area contributed by atoms with E-state index in [-0.39, 0.29) is 24.8 Å². The highest BCUT2D eigenvalue weighted by molar-refractivity contribution is 5.80. The first kappa shape index (κ1) is 18.2. The van der Waals surface area contributed by atoms with E-state index in [4.69, 9.17) is 9.47 Å². The Morgan fingerprint density at radius 1 is 1.42 bits per heavy atom. The fourth-order valence-corrected chi connectivity index (χ4v) is 2.92. The molecule has 1 aromatic rings. The Balaban J connectivity index is 1.93. The Hall–Kier alpha value is -2.15. The van der Waals surface area contributed by atoms with E-state index in [1.165, 1.54) is 25.3 Å². The minimum absolute atomic E-state index is 0.0137. The number of hydrogen-bond donors (Lipinski definition) is 2. The minimum Gasteiger partial charge on any atom is -0.496 e. The summed E-state index contributed by atoms with van der Waals surface area (Å²) in [5.41, 5.74) is 0.424. The Morgan fingerprint density at radius 3 is 2.75 bits per heavy atom. The number of ether oxygens (including phenoxy) is 2. The van der Waals surface area contributed by atoms with Gasteiger partial charge in [0, 0.05) is 25.3 Å². The maximum Gasteiger partial charge on any atom is 0.308 e. The number of aliphatic carboxylic acids is 1. The van der Waals surface area contributed by atoms with Crippen LogP contribution >= 0.6 is 0 Å². The van der Waals surface area contributed by atoms with E-state index in [0.717, 1.165) is 0 Å². The summed E-state index contributed by atoms with van der Waals surface area (Å²) < 4.78 is 23.7. The van der Waals surface area contributed by atoms with Gasteiger partial charge in [0.1, 0.15) is 11.6 Å². The van der Waals surface area contributed by atoms with Gasteiger partial charge in [0.25, 0.3) is 0 Å². The monoisotopic (exact) mass is 339 g/mol. The molecular weight excluding hydrogens is 317 g/mol. The lowest BCUT2D eigenvalue weighted by Gasteiger charge is -2.27. The van der Waals surface area contributed by atoms with Crippen LogP contribution < -0.4 is 10.1 Å². The molecule has 0 radical (unpaired) electrons. The van der Waals surface area contributed by atoms with E-state index in [0.29, 0.717) is 37.4 Å². The molecule has 1 amide bonds. The molecule has 6 nitrogen and oxygen atoms in total. The van der Waals surface area contributed by atoms with Crippen molar-refractivity contribution in [3.8, 4) is 5.75 Å². The normalized spacial score (nSPS) is 16.4. The van der Waals surface area contributed by atoms with E-state index in [2.05, 4.69) is 5.32 Å². The number of carboxylic acids is 1. The smallest absolute Gasteiger partial charge is 0.308 e. The van der Waals surface area contributed by atoms with Crippen molar-refractivity contribution < 1.29 is 28.6 Å². The standard InChI is InChI=1S/C17H22FNO5/c1-23-15-3-2-13(18)8-12(15)9-16(20)19-10-14(17(21)22)11-4-6-24-7-5-11/h2-3,8,11,14H,4-7,9-10H2,1H3,(H,19,20)(H,21,22). The van der Waals surface area contributed by atoms with Gasteiger partial charge in [0.15, 0.2) is 0 Å². The second-order valence-electron chi connectivity index (χ2n) is 5.83. The van der Waals surface area contributed by atoms with E-state index < -0.39 is 17.7 Å². The number of carboxylic acid groups (broad SMARTS) is 1. The fraction of sp³-hybridized carbons (Fsp3) is 0.529. The summed E-state index contributed by atoms with van der Waals surface area (Å²) in [6.45, 7) is 1.14. The molecule has 7 heteroatoms. The SMILES string of the molecule is COc1ccc(F)cc1CC(=O)NCC(C(=O)O)C1CCOCC1. The van der Waals surface area contributed by atoms with Crippen molar-refractivity contribution >= 4 is 11.9 Å². The van der Waals surface area contributed by atoms with Crippen LogP contribution in [0.25, 0.3) is 0 Å². The van der Waals surface area contributed by atoms with Gasteiger partial charge in [-0.3, -0.25) is 9.59 Å². The average Bonchev–Trinajstić information content (AvgIpc) is 2.56. The van der Waals surface area contributed by atoms with Crippen LogP contribution in [0.3, 0.4) is 0 Å². The molecule has 0 spiro atoms. The van der Waals surface area contributed by atoms with Gasteiger partial charge in [-0.25, -0.2) is 4.39 Å². The van der Waals surface area contributed by atoms with E-state index in [1.807, 2.05) is 0 Å². The molecule has 1 atom stereocenters. The molecule has 2 rings (SSSR count). The molecule has 1 heterocycles. The van der Waals surface area contributed by atoms with Gasteiger partial charge in [0.2, 0.25) is 5.91 Å². The predicted molar refractivity (Wildman–Crippen MR) is 84.3 cm³/mol. The van der Waals surface area contributed by atoms with Crippen molar-refractivity contribution in [3.05, 3.63) is 29.6 Å². The van der Waals surface area contributed by atoms with Crippen molar-refractivity contribution in [2.24, 2.45) is 11.8 Å². The number of amides is 1. The summed E-state index contributed by atoms with van der Waals surface area (Å²) in [5, 5.41) is 12.0. The second kappa shape index (κ2) is 8.63. The van der Waals surface area contributed by atoms with Crippen LogP contribution in [-0.4, -0.2) is 43.9 Å². The van der Waals surface area contributed by atoms with Crippen molar-refractivity contribution in [2.75, 3.05) is 26.9 Å². The van der Waals surface area contributed by atoms with E-state index in [1.54, 1.807) is 0 Å². The quantitative estimate of drug-likeness (QED) is 0.788. The highest BCUT2D eigenvalue weighted by Gasteiger charge is 2.30. The van der Waals surface area contributed by atoms with Gasteiger partial charge in [-0.05, 0) is 37.0 Å². The van der Waals surface area contributed by atoms with Crippen LogP contribution in [0.5, 0.6) is 5.75 Å². The first-order chi connectivity index (χ1) is 11.5. The van der Waals surface area contributed by atoms with Crippen molar-refractivity contribution in [2.45, 2.75) is 19.3 Å². The highest BCUT2D eigenvalue weighted by Crippen LogP contribution is 2.24. The Kier molecular flexibility index (Phi) is 6.54. The lowest BCUT2D eigenvalue weighted by Crippen LogP contribution is -2.39. The van der Waals surface area contributed by atoms with E-state index >= 15 is 0 Å². The molecule has 0 aliphatic carbocycles. The zero-order valence-corrected chi connectivity index (χ0v) is 13.6. The number of methoxy groups -OCH3 is 1. The zero-order valence-electron chi connectivity index (χ0n) is 13.6. The van der Waals surface area contributed by atoms with Crippen LogP contribution in [0.15, 0.2) is 18.2 Å². The topological polar surface area (TPSA) is 84.9 Å². The van der Waals surface area contributed by atoms with Gasteiger partial charge in [-0.15, -0.1) is 0 Å². The van der Waals surface area contributed by atoms with E-state index in [9.17, 15) is 19.1 Å².